The number of aromatic amines is 1. The summed E-state index contributed by atoms with van der Waals surface area (Å²) in [7, 11) is -3.92. The number of hydrogen-bond donors (Lipinski definition) is 1. The van der Waals surface area contributed by atoms with Gasteiger partial charge in [0.2, 0.25) is 15.6 Å². The van der Waals surface area contributed by atoms with E-state index in [0.29, 0.717) is 21.5 Å². The summed E-state index contributed by atoms with van der Waals surface area (Å²) in [5.74, 6) is -0.384. The van der Waals surface area contributed by atoms with Crippen molar-refractivity contribution in [2.75, 3.05) is 0 Å². The van der Waals surface area contributed by atoms with E-state index in [0.717, 1.165) is 5.56 Å². The van der Waals surface area contributed by atoms with E-state index in [1.807, 2.05) is 13.0 Å². The van der Waals surface area contributed by atoms with Gasteiger partial charge in [-0.15, -0.1) is 0 Å². The molecule has 4 nitrogen and oxygen atoms in total. The first-order valence-electron chi connectivity index (χ1n) is 8.60. The standard InChI is InChI=1S/C22H16ClNO3S/c1-14-6-5-7-15(12-14)21(25)20-22(18-11-10-16(23)13-19(18)24-20)28(26,27)17-8-3-2-4-9-17/h2-13,24H,1H3. The highest BCUT2D eigenvalue weighted by Crippen LogP contribution is 2.34. The van der Waals surface area contributed by atoms with E-state index in [2.05, 4.69) is 4.98 Å². The molecule has 0 amide bonds. The molecule has 1 aromatic heterocycles. The van der Waals surface area contributed by atoms with Crippen molar-refractivity contribution in [2.24, 2.45) is 0 Å². The van der Waals surface area contributed by atoms with Crippen molar-refractivity contribution in [3.63, 3.8) is 0 Å². The molecule has 0 aliphatic heterocycles. The molecule has 0 atom stereocenters. The molecule has 0 aliphatic carbocycles. The van der Waals surface area contributed by atoms with E-state index < -0.39 is 9.84 Å². The normalized spacial score (nSPS) is 11.6. The van der Waals surface area contributed by atoms with Gasteiger partial charge in [-0.2, -0.15) is 0 Å². The fraction of sp³-hybridized carbons (Fsp3) is 0.0455. The molecule has 0 spiro atoms. The van der Waals surface area contributed by atoms with Gasteiger partial charge in [0.05, 0.1) is 4.90 Å². The maximum Gasteiger partial charge on any atom is 0.210 e. The number of carbonyl (C=O) groups excluding carboxylic acids is 1. The van der Waals surface area contributed by atoms with E-state index in [-0.39, 0.29) is 21.3 Å². The second-order valence-electron chi connectivity index (χ2n) is 6.53. The topological polar surface area (TPSA) is 67.0 Å². The zero-order chi connectivity index (χ0) is 19.9. The minimum absolute atomic E-state index is 0.0307. The number of aromatic nitrogens is 1. The van der Waals surface area contributed by atoms with Crippen LogP contribution < -0.4 is 0 Å². The molecule has 4 rings (SSSR count). The van der Waals surface area contributed by atoms with Gasteiger partial charge in [0.25, 0.3) is 0 Å². The number of H-pyrrole nitrogens is 1. The molecule has 1 N–H and O–H groups in total. The fourth-order valence-corrected chi connectivity index (χ4v) is 5.03. The summed E-state index contributed by atoms with van der Waals surface area (Å²) < 4.78 is 26.8. The molecule has 6 heteroatoms. The Balaban J connectivity index is 2.02. The van der Waals surface area contributed by atoms with Crippen molar-refractivity contribution in [3.05, 3.63) is 94.6 Å². The number of aryl methyl sites for hydroxylation is 1. The Hall–Kier alpha value is -2.89. The summed E-state index contributed by atoms with van der Waals surface area (Å²) in [4.78, 5) is 16.3. The number of rotatable bonds is 4. The minimum Gasteiger partial charge on any atom is -0.351 e. The van der Waals surface area contributed by atoms with E-state index in [1.165, 1.54) is 12.1 Å². The largest absolute Gasteiger partial charge is 0.351 e. The predicted octanol–water partition coefficient (Wildman–Crippen LogP) is 5.19. The Morgan fingerprint density at radius 2 is 1.68 bits per heavy atom. The summed E-state index contributed by atoms with van der Waals surface area (Å²) in [6, 6.07) is 20.0. The average molecular weight is 410 g/mol. The lowest BCUT2D eigenvalue weighted by atomic mass is 10.1. The van der Waals surface area contributed by atoms with E-state index in [1.54, 1.807) is 54.6 Å². The number of ketones is 1. The molecular weight excluding hydrogens is 394 g/mol. The first kappa shape index (κ1) is 18.5. The van der Waals surface area contributed by atoms with Crippen LogP contribution in [0.1, 0.15) is 21.6 Å². The molecule has 0 aliphatic rings. The second kappa shape index (κ2) is 6.93. The summed E-state index contributed by atoms with van der Waals surface area (Å²) in [5, 5.41) is 0.885. The first-order chi connectivity index (χ1) is 13.4. The number of hydrogen-bond acceptors (Lipinski definition) is 3. The average Bonchev–Trinajstić information content (AvgIpc) is 3.07. The van der Waals surface area contributed by atoms with Gasteiger partial charge in [-0.1, -0.05) is 59.6 Å². The smallest absolute Gasteiger partial charge is 0.210 e. The number of nitrogens with one attached hydrogen (secondary N) is 1. The number of fused-ring (bicyclic) bond motifs is 1. The molecule has 140 valence electrons. The third-order valence-corrected chi connectivity index (χ3v) is 6.63. The van der Waals surface area contributed by atoms with Gasteiger partial charge in [-0.3, -0.25) is 4.79 Å². The van der Waals surface area contributed by atoms with Gasteiger partial charge in [0, 0.05) is 21.5 Å². The number of sulfone groups is 1. The lowest BCUT2D eigenvalue weighted by molar-refractivity contribution is 0.103. The Bertz CT molecular complexity index is 1310. The molecular formula is C22H16ClNO3S. The van der Waals surface area contributed by atoms with Gasteiger partial charge >= 0.3 is 0 Å². The van der Waals surface area contributed by atoms with Crippen molar-refractivity contribution in [1.29, 1.82) is 0 Å². The highest BCUT2D eigenvalue weighted by atomic mass is 35.5. The molecule has 0 saturated heterocycles. The Labute approximate surface area is 167 Å². The number of carbonyl (C=O) groups is 1. The third-order valence-electron chi connectivity index (χ3n) is 4.54. The van der Waals surface area contributed by atoms with Crippen LogP contribution in [0.2, 0.25) is 5.02 Å². The predicted molar refractivity (Wildman–Crippen MR) is 110 cm³/mol. The third kappa shape index (κ3) is 3.13. The monoisotopic (exact) mass is 409 g/mol. The molecule has 0 bridgehead atoms. The summed E-state index contributed by atoms with van der Waals surface area (Å²) in [6.45, 7) is 1.88. The number of halogens is 1. The van der Waals surface area contributed by atoms with Gasteiger partial charge in [0.15, 0.2) is 0 Å². The van der Waals surface area contributed by atoms with Crippen LogP contribution in [0.5, 0.6) is 0 Å². The molecule has 0 fully saturated rings. The van der Waals surface area contributed by atoms with Crippen molar-refractivity contribution < 1.29 is 13.2 Å². The summed E-state index contributed by atoms with van der Waals surface area (Å²) in [6.07, 6.45) is 0. The van der Waals surface area contributed by atoms with Crippen LogP contribution in [-0.4, -0.2) is 19.2 Å². The van der Waals surface area contributed by atoms with E-state index >= 15 is 0 Å². The van der Waals surface area contributed by atoms with Gasteiger partial charge in [-0.25, -0.2) is 8.42 Å². The lowest BCUT2D eigenvalue weighted by Crippen LogP contribution is -2.10. The molecule has 3 aromatic carbocycles. The Morgan fingerprint density at radius 3 is 2.39 bits per heavy atom. The van der Waals surface area contributed by atoms with Crippen molar-refractivity contribution in [2.45, 2.75) is 16.7 Å². The van der Waals surface area contributed by atoms with Crippen molar-refractivity contribution >= 4 is 38.1 Å². The lowest BCUT2D eigenvalue weighted by Gasteiger charge is -2.07. The maximum absolute atomic E-state index is 13.4. The first-order valence-corrected chi connectivity index (χ1v) is 10.5. The van der Waals surface area contributed by atoms with Crippen LogP contribution in [-0.2, 0) is 9.84 Å². The van der Waals surface area contributed by atoms with Crippen molar-refractivity contribution in [1.82, 2.24) is 4.98 Å². The second-order valence-corrected chi connectivity index (χ2v) is 8.86. The molecule has 0 saturated carbocycles. The molecule has 0 unspecified atom stereocenters. The van der Waals surface area contributed by atoms with Crippen LogP contribution in [0, 0.1) is 6.92 Å². The zero-order valence-corrected chi connectivity index (χ0v) is 16.5. The van der Waals surface area contributed by atoms with Gasteiger partial charge < -0.3 is 4.98 Å². The molecule has 1 heterocycles. The highest BCUT2D eigenvalue weighted by Gasteiger charge is 2.30. The van der Waals surface area contributed by atoms with Gasteiger partial charge in [0.1, 0.15) is 10.6 Å². The highest BCUT2D eigenvalue weighted by molar-refractivity contribution is 7.91. The van der Waals surface area contributed by atoms with Crippen LogP contribution in [0.15, 0.2) is 82.6 Å². The summed E-state index contributed by atoms with van der Waals surface area (Å²) >= 11 is 6.07. The van der Waals surface area contributed by atoms with E-state index in [4.69, 9.17) is 11.6 Å². The van der Waals surface area contributed by atoms with Gasteiger partial charge in [-0.05, 0) is 37.3 Å². The summed E-state index contributed by atoms with van der Waals surface area (Å²) in [5.41, 5.74) is 1.87. The molecule has 28 heavy (non-hydrogen) atoms. The van der Waals surface area contributed by atoms with Crippen LogP contribution in [0.4, 0.5) is 0 Å². The SMILES string of the molecule is Cc1cccc(C(=O)c2[nH]c3cc(Cl)ccc3c2S(=O)(=O)c2ccccc2)c1. The quantitative estimate of drug-likeness (QED) is 0.471. The Kier molecular flexibility index (Phi) is 4.57. The van der Waals surface area contributed by atoms with E-state index in [9.17, 15) is 13.2 Å². The Morgan fingerprint density at radius 1 is 0.929 bits per heavy atom. The fourth-order valence-electron chi connectivity index (χ4n) is 3.23. The van der Waals surface area contributed by atoms with Crippen molar-refractivity contribution in [3.8, 4) is 0 Å². The van der Waals surface area contributed by atoms with Crippen LogP contribution in [0.25, 0.3) is 10.9 Å². The minimum atomic E-state index is -3.92. The van der Waals surface area contributed by atoms with Crippen LogP contribution >= 0.6 is 11.6 Å². The maximum atomic E-state index is 13.4. The number of benzene rings is 3. The molecule has 0 radical (unpaired) electrons. The molecule has 4 aromatic rings. The zero-order valence-electron chi connectivity index (χ0n) is 14.9. The van der Waals surface area contributed by atoms with Crippen LogP contribution in [0.3, 0.4) is 0 Å².